The summed E-state index contributed by atoms with van der Waals surface area (Å²) in [6.07, 6.45) is 0.226. The van der Waals surface area contributed by atoms with Crippen LogP contribution in [0.5, 0.6) is 5.75 Å². The van der Waals surface area contributed by atoms with Crippen molar-refractivity contribution >= 4 is 27.5 Å². The average Bonchev–Trinajstić information content (AvgIpc) is 2.48. The summed E-state index contributed by atoms with van der Waals surface area (Å²) in [6.45, 7) is 1.07. The van der Waals surface area contributed by atoms with Gasteiger partial charge in [0.25, 0.3) is 0 Å². The molecule has 0 aliphatic rings. The van der Waals surface area contributed by atoms with E-state index < -0.39 is 0 Å². The van der Waals surface area contributed by atoms with Crippen molar-refractivity contribution in [2.75, 3.05) is 11.9 Å². The molecule has 0 aromatic heterocycles. The van der Waals surface area contributed by atoms with Crippen LogP contribution in [0.25, 0.3) is 0 Å². The molecule has 2 aromatic carbocycles. The van der Waals surface area contributed by atoms with Crippen molar-refractivity contribution < 1.29 is 9.53 Å². The van der Waals surface area contributed by atoms with Gasteiger partial charge in [-0.3, -0.25) is 4.79 Å². The zero-order valence-electron chi connectivity index (χ0n) is 11.5. The summed E-state index contributed by atoms with van der Waals surface area (Å²) in [7, 11) is 0. The van der Waals surface area contributed by atoms with Crippen molar-refractivity contribution in [1.29, 1.82) is 0 Å². The molecule has 0 aliphatic heterocycles. The van der Waals surface area contributed by atoms with Crippen LogP contribution in [0.4, 0.5) is 5.69 Å². The fourth-order valence-corrected chi connectivity index (χ4v) is 2.01. The normalized spacial score (nSPS) is 10.1. The number of hydrogen-bond donors (Lipinski definition) is 2. The van der Waals surface area contributed by atoms with Gasteiger partial charge in [0.1, 0.15) is 5.75 Å². The lowest BCUT2D eigenvalue weighted by Gasteiger charge is -2.09. The number of primary amides is 1. The summed E-state index contributed by atoms with van der Waals surface area (Å²) in [6, 6.07) is 15.8. The Balaban J connectivity index is 1.81. The molecule has 0 saturated carbocycles. The van der Waals surface area contributed by atoms with Crippen molar-refractivity contribution in [1.82, 2.24) is 0 Å². The van der Waals surface area contributed by atoms with Crippen LogP contribution in [-0.4, -0.2) is 12.5 Å². The lowest BCUT2D eigenvalue weighted by Crippen LogP contribution is -2.14. The van der Waals surface area contributed by atoms with Gasteiger partial charge in [-0.05, 0) is 42.0 Å². The Kier molecular flexibility index (Phi) is 5.63. The van der Waals surface area contributed by atoms with Gasteiger partial charge in [0.2, 0.25) is 5.91 Å². The molecule has 1 amide bonds. The number of carbonyl (C=O) groups is 1. The van der Waals surface area contributed by atoms with Gasteiger partial charge in [-0.25, -0.2) is 0 Å². The van der Waals surface area contributed by atoms with Gasteiger partial charge in [-0.15, -0.1) is 0 Å². The van der Waals surface area contributed by atoms with Gasteiger partial charge in [-0.1, -0.05) is 28.1 Å². The summed E-state index contributed by atoms with van der Waals surface area (Å²) >= 11 is 3.42. The maximum Gasteiger partial charge on any atom is 0.220 e. The number of carbonyl (C=O) groups excluding carboxylic acids is 1. The number of amides is 1. The highest BCUT2D eigenvalue weighted by Crippen LogP contribution is 2.17. The van der Waals surface area contributed by atoms with Gasteiger partial charge in [0.15, 0.2) is 0 Å². The first-order valence-corrected chi connectivity index (χ1v) is 7.42. The lowest BCUT2D eigenvalue weighted by molar-refractivity contribution is -0.118. The molecule has 0 heterocycles. The SMILES string of the molecule is NC(=O)CCOc1ccc(NCc2ccc(Br)cc2)cc1. The van der Waals surface area contributed by atoms with Crippen LogP contribution in [-0.2, 0) is 11.3 Å². The second-order valence-electron chi connectivity index (χ2n) is 4.57. The summed E-state index contributed by atoms with van der Waals surface area (Å²) in [4.78, 5) is 10.6. The predicted octanol–water partition coefficient (Wildman–Crippen LogP) is 3.32. The zero-order chi connectivity index (χ0) is 15.1. The van der Waals surface area contributed by atoms with Gasteiger partial charge < -0.3 is 15.8 Å². The number of halogens is 1. The first-order valence-electron chi connectivity index (χ1n) is 6.63. The highest BCUT2D eigenvalue weighted by Gasteiger charge is 1.98. The van der Waals surface area contributed by atoms with E-state index in [4.69, 9.17) is 10.5 Å². The van der Waals surface area contributed by atoms with E-state index >= 15 is 0 Å². The van der Waals surface area contributed by atoms with E-state index in [2.05, 4.69) is 33.4 Å². The minimum atomic E-state index is -0.359. The fraction of sp³-hybridized carbons (Fsp3) is 0.188. The molecule has 0 saturated heterocycles. The van der Waals surface area contributed by atoms with Crippen LogP contribution >= 0.6 is 15.9 Å². The Morgan fingerprint density at radius 3 is 2.38 bits per heavy atom. The molecule has 21 heavy (non-hydrogen) atoms. The number of hydrogen-bond acceptors (Lipinski definition) is 3. The number of nitrogens with two attached hydrogens (primary N) is 1. The molecule has 2 rings (SSSR count). The van der Waals surface area contributed by atoms with Crippen LogP contribution in [0.15, 0.2) is 53.0 Å². The van der Waals surface area contributed by atoms with E-state index in [9.17, 15) is 4.79 Å². The van der Waals surface area contributed by atoms with Crippen LogP contribution < -0.4 is 15.8 Å². The van der Waals surface area contributed by atoms with Gasteiger partial charge in [-0.2, -0.15) is 0 Å². The van der Waals surface area contributed by atoms with Crippen LogP contribution in [0.1, 0.15) is 12.0 Å². The molecular formula is C16H17BrN2O2. The Morgan fingerprint density at radius 2 is 1.76 bits per heavy atom. The molecule has 0 fully saturated rings. The fourth-order valence-electron chi connectivity index (χ4n) is 1.74. The number of ether oxygens (including phenoxy) is 1. The highest BCUT2D eigenvalue weighted by atomic mass is 79.9. The van der Waals surface area contributed by atoms with E-state index in [1.54, 1.807) is 0 Å². The van der Waals surface area contributed by atoms with Gasteiger partial charge in [0, 0.05) is 16.7 Å². The first-order chi connectivity index (χ1) is 10.1. The average molecular weight is 349 g/mol. The molecule has 3 N–H and O–H groups in total. The van der Waals surface area contributed by atoms with Crippen molar-refractivity contribution in [3.8, 4) is 5.75 Å². The minimum absolute atomic E-state index is 0.226. The molecular weight excluding hydrogens is 332 g/mol. The van der Waals surface area contributed by atoms with Crippen molar-refractivity contribution in [3.63, 3.8) is 0 Å². The van der Waals surface area contributed by atoms with E-state index in [0.717, 1.165) is 22.5 Å². The van der Waals surface area contributed by atoms with E-state index in [1.807, 2.05) is 36.4 Å². The molecule has 0 bridgehead atoms. The molecule has 0 spiro atoms. The summed E-state index contributed by atoms with van der Waals surface area (Å²) < 4.78 is 6.49. The highest BCUT2D eigenvalue weighted by molar-refractivity contribution is 9.10. The zero-order valence-corrected chi connectivity index (χ0v) is 13.1. The van der Waals surface area contributed by atoms with E-state index in [0.29, 0.717) is 6.61 Å². The number of rotatable bonds is 7. The third-order valence-corrected chi connectivity index (χ3v) is 3.41. The van der Waals surface area contributed by atoms with E-state index in [1.165, 1.54) is 5.56 Å². The summed E-state index contributed by atoms with van der Waals surface area (Å²) in [5, 5.41) is 3.34. The molecule has 110 valence electrons. The third-order valence-electron chi connectivity index (χ3n) is 2.88. The summed E-state index contributed by atoms with van der Waals surface area (Å²) in [5.74, 6) is 0.369. The Bertz CT molecular complexity index is 582. The molecule has 4 nitrogen and oxygen atoms in total. The Hall–Kier alpha value is -2.01. The van der Waals surface area contributed by atoms with Crippen LogP contribution in [0.3, 0.4) is 0 Å². The lowest BCUT2D eigenvalue weighted by atomic mass is 10.2. The quantitative estimate of drug-likeness (QED) is 0.806. The maximum absolute atomic E-state index is 10.6. The molecule has 5 heteroatoms. The smallest absolute Gasteiger partial charge is 0.220 e. The second kappa shape index (κ2) is 7.69. The largest absolute Gasteiger partial charge is 0.493 e. The maximum atomic E-state index is 10.6. The topological polar surface area (TPSA) is 64.4 Å². The number of anilines is 1. The number of benzene rings is 2. The molecule has 0 radical (unpaired) electrons. The third kappa shape index (κ3) is 5.47. The predicted molar refractivity (Wildman–Crippen MR) is 87.2 cm³/mol. The Morgan fingerprint density at radius 1 is 1.10 bits per heavy atom. The Labute approximate surface area is 132 Å². The summed E-state index contributed by atoms with van der Waals surface area (Å²) in [5.41, 5.74) is 7.28. The first kappa shape index (κ1) is 15.4. The van der Waals surface area contributed by atoms with E-state index in [-0.39, 0.29) is 12.3 Å². The van der Waals surface area contributed by atoms with Crippen molar-refractivity contribution in [3.05, 3.63) is 58.6 Å². The molecule has 0 atom stereocenters. The van der Waals surface area contributed by atoms with Crippen molar-refractivity contribution in [2.24, 2.45) is 5.73 Å². The minimum Gasteiger partial charge on any atom is -0.493 e. The molecule has 0 aliphatic carbocycles. The molecule has 0 unspecified atom stereocenters. The van der Waals surface area contributed by atoms with Crippen molar-refractivity contribution in [2.45, 2.75) is 13.0 Å². The van der Waals surface area contributed by atoms with Crippen LogP contribution in [0, 0.1) is 0 Å². The monoisotopic (exact) mass is 348 g/mol. The van der Waals surface area contributed by atoms with Gasteiger partial charge >= 0.3 is 0 Å². The second-order valence-corrected chi connectivity index (χ2v) is 5.48. The standard InChI is InChI=1S/C16H17BrN2O2/c17-13-3-1-12(2-4-13)11-19-14-5-7-15(8-6-14)21-10-9-16(18)20/h1-8,19H,9-11H2,(H2,18,20). The number of nitrogens with one attached hydrogen (secondary N) is 1. The van der Waals surface area contributed by atoms with Crippen LogP contribution in [0.2, 0.25) is 0 Å². The van der Waals surface area contributed by atoms with Gasteiger partial charge in [0.05, 0.1) is 13.0 Å². The molecule has 2 aromatic rings.